The Bertz CT molecular complexity index is 631. The van der Waals surface area contributed by atoms with Crippen LogP contribution < -0.4 is 20.3 Å². The first-order valence-electron chi connectivity index (χ1n) is 9.44. The van der Waals surface area contributed by atoms with Gasteiger partial charge in [-0.25, -0.2) is 4.98 Å². The Kier molecular flexibility index (Phi) is 10.7. The van der Waals surface area contributed by atoms with Crippen molar-refractivity contribution in [2.45, 2.75) is 33.2 Å². The fraction of sp³-hybridized carbons (Fsp3) is 0.722. The molecule has 0 saturated carbocycles. The molecule has 0 atom stereocenters. The molecule has 1 aliphatic rings. The summed E-state index contributed by atoms with van der Waals surface area (Å²) in [5, 5.41) is 6.87. The second kappa shape index (κ2) is 12.0. The molecule has 1 aromatic rings. The second-order valence-corrected chi connectivity index (χ2v) is 8.27. The van der Waals surface area contributed by atoms with Crippen LogP contribution in [0.25, 0.3) is 0 Å². The van der Waals surface area contributed by atoms with Gasteiger partial charge in [0, 0.05) is 44.8 Å². The van der Waals surface area contributed by atoms with Crippen molar-refractivity contribution in [2.75, 3.05) is 57.8 Å². The molecule has 0 aromatic carbocycles. The van der Waals surface area contributed by atoms with Crippen LogP contribution in [0.15, 0.2) is 15.7 Å². The Morgan fingerprint density at radius 1 is 1.29 bits per heavy atom. The normalized spacial score (nSPS) is 15.3. The molecule has 0 amide bonds. The van der Waals surface area contributed by atoms with Crippen LogP contribution in [-0.4, -0.2) is 79.3 Å². The Balaban J connectivity index is 0.00000392. The standard InChI is InChI=1S/C18H32BrN7O.HI/c1-6-20-16(21-7-8-23-18(2,3)4)25-9-11-26(12-10-25)17-22-13-14(19)15(24-17)27-5;/h13,23H,6-12H2,1-5H3,(H,20,21);1H. The first-order valence-corrected chi connectivity index (χ1v) is 10.2. The number of piperazine rings is 1. The van der Waals surface area contributed by atoms with Crippen molar-refractivity contribution in [3.05, 3.63) is 10.7 Å². The van der Waals surface area contributed by atoms with Crippen LogP contribution in [0.1, 0.15) is 27.7 Å². The molecular weight excluding hydrogens is 537 g/mol. The molecule has 0 spiro atoms. The van der Waals surface area contributed by atoms with Crippen LogP contribution in [0.3, 0.4) is 0 Å². The van der Waals surface area contributed by atoms with Gasteiger partial charge in [-0.3, -0.25) is 4.99 Å². The van der Waals surface area contributed by atoms with E-state index in [-0.39, 0.29) is 29.5 Å². The van der Waals surface area contributed by atoms with Gasteiger partial charge in [0.1, 0.15) is 0 Å². The number of rotatable bonds is 6. The smallest absolute Gasteiger partial charge is 0.232 e. The molecule has 0 aliphatic carbocycles. The van der Waals surface area contributed by atoms with Gasteiger partial charge in [0.25, 0.3) is 0 Å². The Labute approximate surface area is 194 Å². The van der Waals surface area contributed by atoms with E-state index in [9.17, 15) is 0 Å². The van der Waals surface area contributed by atoms with Gasteiger partial charge >= 0.3 is 0 Å². The molecule has 2 rings (SSSR count). The zero-order valence-electron chi connectivity index (χ0n) is 17.5. The third kappa shape index (κ3) is 7.86. The molecule has 0 bridgehead atoms. The molecule has 28 heavy (non-hydrogen) atoms. The van der Waals surface area contributed by atoms with Crippen molar-refractivity contribution < 1.29 is 4.74 Å². The highest BCUT2D eigenvalue weighted by atomic mass is 127. The summed E-state index contributed by atoms with van der Waals surface area (Å²) in [5.74, 6) is 2.23. The summed E-state index contributed by atoms with van der Waals surface area (Å²) in [6.45, 7) is 14.5. The van der Waals surface area contributed by atoms with Gasteiger partial charge < -0.3 is 25.2 Å². The number of aromatic nitrogens is 2. The monoisotopic (exact) mass is 569 g/mol. The highest BCUT2D eigenvalue weighted by Gasteiger charge is 2.22. The number of hydrogen-bond acceptors (Lipinski definition) is 6. The fourth-order valence-electron chi connectivity index (χ4n) is 2.78. The highest BCUT2D eigenvalue weighted by molar-refractivity contribution is 14.0. The molecule has 2 heterocycles. The van der Waals surface area contributed by atoms with Gasteiger partial charge in [0.2, 0.25) is 11.8 Å². The Morgan fingerprint density at radius 3 is 2.54 bits per heavy atom. The predicted molar refractivity (Wildman–Crippen MR) is 129 cm³/mol. The number of hydrogen-bond donors (Lipinski definition) is 2. The third-order valence-electron chi connectivity index (χ3n) is 4.12. The lowest BCUT2D eigenvalue weighted by atomic mass is 10.1. The highest BCUT2D eigenvalue weighted by Crippen LogP contribution is 2.23. The van der Waals surface area contributed by atoms with E-state index in [0.29, 0.717) is 11.8 Å². The average Bonchev–Trinajstić information content (AvgIpc) is 2.64. The summed E-state index contributed by atoms with van der Waals surface area (Å²) in [5.41, 5.74) is 0.116. The molecule has 0 radical (unpaired) electrons. The number of nitrogens with zero attached hydrogens (tertiary/aromatic N) is 5. The fourth-order valence-corrected chi connectivity index (χ4v) is 3.13. The Hall–Kier alpha value is -0.880. The van der Waals surface area contributed by atoms with E-state index < -0.39 is 0 Å². The number of anilines is 1. The van der Waals surface area contributed by atoms with E-state index >= 15 is 0 Å². The molecule has 1 fully saturated rings. The van der Waals surface area contributed by atoms with Crippen LogP contribution in [0, 0.1) is 0 Å². The SMILES string of the molecule is CCNC(=NCCNC(C)(C)C)N1CCN(c2ncc(Br)c(OC)n2)CC1.I. The predicted octanol–water partition coefficient (Wildman–Crippen LogP) is 2.34. The quantitative estimate of drug-likeness (QED) is 0.236. The second-order valence-electron chi connectivity index (χ2n) is 7.41. The van der Waals surface area contributed by atoms with Crippen molar-refractivity contribution in [3.8, 4) is 5.88 Å². The van der Waals surface area contributed by atoms with Gasteiger partial charge in [-0.05, 0) is 43.6 Å². The summed E-state index contributed by atoms with van der Waals surface area (Å²) >= 11 is 3.40. The zero-order valence-corrected chi connectivity index (χ0v) is 21.4. The van der Waals surface area contributed by atoms with E-state index in [0.717, 1.165) is 56.2 Å². The summed E-state index contributed by atoms with van der Waals surface area (Å²) in [4.78, 5) is 18.1. The van der Waals surface area contributed by atoms with Crippen molar-refractivity contribution >= 4 is 51.8 Å². The van der Waals surface area contributed by atoms with Crippen LogP contribution in [0.5, 0.6) is 5.88 Å². The lowest BCUT2D eigenvalue weighted by Crippen LogP contribution is -2.53. The minimum atomic E-state index is 0. The summed E-state index contributed by atoms with van der Waals surface area (Å²) < 4.78 is 6.04. The Morgan fingerprint density at radius 2 is 1.96 bits per heavy atom. The maximum Gasteiger partial charge on any atom is 0.232 e. The van der Waals surface area contributed by atoms with E-state index in [1.807, 2.05) is 0 Å². The molecule has 10 heteroatoms. The van der Waals surface area contributed by atoms with Gasteiger partial charge in [-0.1, -0.05) is 0 Å². The molecule has 1 aromatic heterocycles. The molecule has 1 aliphatic heterocycles. The number of methoxy groups -OCH3 is 1. The average molecular weight is 570 g/mol. The number of ether oxygens (including phenoxy) is 1. The first kappa shape index (κ1) is 25.2. The molecular formula is C18H33BrIN7O. The topological polar surface area (TPSA) is 77.9 Å². The van der Waals surface area contributed by atoms with Crippen LogP contribution in [0.4, 0.5) is 5.95 Å². The molecule has 2 N–H and O–H groups in total. The summed E-state index contributed by atoms with van der Waals surface area (Å²) in [6.07, 6.45) is 1.74. The van der Waals surface area contributed by atoms with E-state index in [4.69, 9.17) is 9.73 Å². The lowest BCUT2D eigenvalue weighted by molar-refractivity contribution is 0.365. The number of halogens is 2. The largest absolute Gasteiger partial charge is 0.480 e. The van der Waals surface area contributed by atoms with E-state index in [1.54, 1.807) is 13.3 Å². The lowest BCUT2D eigenvalue weighted by Gasteiger charge is -2.36. The van der Waals surface area contributed by atoms with E-state index in [2.05, 4.69) is 74.0 Å². The molecule has 8 nitrogen and oxygen atoms in total. The van der Waals surface area contributed by atoms with Gasteiger partial charge in [-0.2, -0.15) is 4.98 Å². The number of aliphatic imine (C=N–C) groups is 1. The maximum absolute atomic E-state index is 5.28. The minimum Gasteiger partial charge on any atom is -0.480 e. The molecule has 0 unspecified atom stereocenters. The van der Waals surface area contributed by atoms with Crippen LogP contribution in [-0.2, 0) is 0 Å². The van der Waals surface area contributed by atoms with Gasteiger partial charge in [0.15, 0.2) is 5.96 Å². The molecule has 1 saturated heterocycles. The summed E-state index contributed by atoms with van der Waals surface area (Å²) in [6, 6.07) is 0. The van der Waals surface area contributed by atoms with Crippen LogP contribution >= 0.6 is 39.9 Å². The van der Waals surface area contributed by atoms with Gasteiger partial charge in [-0.15, -0.1) is 24.0 Å². The zero-order chi connectivity index (χ0) is 19.9. The molecule has 160 valence electrons. The van der Waals surface area contributed by atoms with Crippen molar-refractivity contribution in [2.24, 2.45) is 4.99 Å². The third-order valence-corrected chi connectivity index (χ3v) is 4.66. The van der Waals surface area contributed by atoms with Crippen molar-refractivity contribution in [3.63, 3.8) is 0 Å². The maximum atomic E-state index is 5.28. The number of nitrogens with one attached hydrogen (secondary N) is 2. The first-order chi connectivity index (χ1) is 12.8. The van der Waals surface area contributed by atoms with Crippen molar-refractivity contribution in [1.82, 2.24) is 25.5 Å². The van der Waals surface area contributed by atoms with Crippen LogP contribution in [0.2, 0.25) is 0 Å². The van der Waals surface area contributed by atoms with Crippen molar-refractivity contribution in [1.29, 1.82) is 0 Å². The van der Waals surface area contributed by atoms with Gasteiger partial charge in [0.05, 0.1) is 24.3 Å². The number of guanidine groups is 1. The van der Waals surface area contributed by atoms with E-state index in [1.165, 1.54) is 0 Å². The minimum absolute atomic E-state index is 0. The summed E-state index contributed by atoms with van der Waals surface area (Å²) in [7, 11) is 1.61.